The summed E-state index contributed by atoms with van der Waals surface area (Å²) < 4.78 is 11.8. The molecule has 1 aliphatic heterocycles. The fraction of sp³-hybridized carbons (Fsp3) is 0.480. The molecule has 2 aromatic rings. The second kappa shape index (κ2) is 8.89. The third-order valence-electron chi connectivity index (χ3n) is 6.45. The first-order valence-electron chi connectivity index (χ1n) is 10.8. The summed E-state index contributed by atoms with van der Waals surface area (Å²) in [4.78, 5) is 12.5. The summed E-state index contributed by atoms with van der Waals surface area (Å²) in [6.45, 7) is 2.79. The summed E-state index contributed by atoms with van der Waals surface area (Å²) in [7, 11) is 1.69. The van der Waals surface area contributed by atoms with Crippen molar-refractivity contribution in [3.63, 3.8) is 0 Å². The van der Waals surface area contributed by atoms with E-state index >= 15 is 0 Å². The summed E-state index contributed by atoms with van der Waals surface area (Å²) >= 11 is 0. The lowest BCUT2D eigenvalue weighted by molar-refractivity contribution is -0.126. The molecule has 0 aromatic heterocycles. The molecule has 1 amide bonds. The van der Waals surface area contributed by atoms with E-state index in [1.165, 1.54) is 29.5 Å². The van der Waals surface area contributed by atoms with E-state index in [9.17, 15) is 4.79 Å². The molecular weight excluding hydrogens is 362 g/mol. The summed E-state index contributed by atoms with van der Waals surface area (Å²) in [5.41, 5.74) is 3.72. The summed E-state index contributed by atoms with van der Waals surface area (Å²) in [6.07, 6.45) is 6.64. The Morgan fingerprint density at radius 2 is 1.86 bits per heavy atom. The number of amides is 1. The number of rotatable bonds is 6. The lowest BCUT2D eigenvalue weighted by Crippen LogP contribution is -2.41. The summed E-state index contributed by atoms with van der Waals surface area (Å²) in [5, 5.41) is 3.13. The van der Waals surface area contributed by atoms with Gasteiger partial charge in [0.1, 0.15) is 0 Å². The van der Waals surface area contributed by atoms with Crippen LogP contribution in [0.3, 0.4) is 0 Å². The van der Waals surface area contributed by atoms with Crippen molar-refractivity contribution in [2.24, 2.45) is 5.92 Å². The van der Waals surface area contributed by atoms with E-state index in [0.717, 1.165) is 37.2 Å². The lowest BCUT2D eigenvalue weighted by Gasteiger charge is -2.30. The number of benzene rings is 2. The van der Waals surface area contributed by atoms with Crippen LogP contribution in [0.25, 0.3) is 0 Å². The SMILES string of the molecule is COc1ccc(C2CNC(=O)C(Cc3ccccc3C)C2)cc1OC1CCCC1. The minimum Gasteiger partial charge on any atom is -0.493 e. The van der Waals surface area contributed by atoms with Crippen LogP contribution in [-0.4, -0.2) is 25.7 Å². The van der Waals surface area contributed by atoms with Crippen molar-refractivity contribution in [2.75, 3.05) is 13.7 Å². The quantitative estimate of drug-likeness (QED) is 0.768. The summed E-state index contributed by atoms with van der Waals surface area (Å²) in [5.74, 6) is 2.08. The first-order valence-corrected chi connectivity index (χ1v) is 10.8. The van der Waals surface area contributed by atoms with Crippen LogP contribution >= 0.6 is 0 Å². The van der Waals surface area contributed by atoms with Crippen LogP contribution in [-0.2, 0) is 11.2 Å². The molecule has 2 aliphatic rings. The van der Waals surface area contributed by atoms with Gasteiger partial charge in [0.15, 0.2) is 11.5 Å². The number of carbonyl (C=O) groups is 1. The Balaban J connectivity index is 1.51. The van der Waals surface area contributed by atoms with Crippen molar-refractivity contribution in [3.05, 3.63) is 59.2 Å². The molecule has 0 bridgehead atoms. The molecule has 1 aliphatic carbocycles. The molecule has 2 unspecified atom stereocenters. The van der Waals surface area contributed by atoms with Gasteiger partial charge in [0.2, 0.25) is 5.91 Å². The minimum atomic E-state index is -0.00356. The van der Waals surface area contributed by atoms with Crippen LogP contribution in [0.1, 0.15) is 54.7 Å². The van der Waals surface area contributed by atoms with Gasteiger partial charge < -0.3 is 14.8 Å². The fourth-order valence-electron chi connectivity index (χ4n) is 4.66. The van der Waals surface area contributed by atoms with Gasteiger partial charge in [-0.05, 0) is 74.3 Å². The molecule has 29 heavy (non-hydrogen) atoms. The second-order valence-corrected chi connectivity index (χ2v) is 8.44. The van der Waals surface area contributed by atoms with Gasteiger partial charge in [0.25, 0.3) is 0 Å². The number of methoxy groups -OCH3 is 1. The zero-order valence-electron chi connectivity index (χ0n) is 17.4. The first kappa shape index (κ1) is 19.8. The maximum atomic E-state index is 12.5. The van der Waals surface area contributed by atoms with Gasteiger partial charge in [-0.25, -0.2) is 0 Å². The van der Waals surface area contributed by atoms with Crippen molar-refractivity contribution in [2.45, 2.75) is 57.5 Å². The van der Waals surface area contributed by atoms with Crippen LogP contribution in [0, 0.1) is 12.8 Å². The van der Waals surface area contributed by atoms with Gasteiger partial charge >= 0.3 is 0 Å². The number of nitrogens with one attached hydrogen (secondary N) is 1. The zero-order valence-corrected chi connectivity index (χ0v) is 17.4. The van der Waals surface area contributed by atoms with E-state index in [2.05, 4.69) is 42.6 Å². The Bertz CT molecular complexity index is 857. The second-order valence-electron chi connectivity index (χ2n) is 8.44. The molecule has 2 atom stereocenters. The van der Waals surface area contributed by atoms with Crippen molar-refractivity contribution < 1.29 is 14.3 Å². The van der Waals surface area contributed by atoms with Gasteiger partial charge in [0, 0.05) is 18.4 Å². The number of ether oxygens (including phenoxy) is 2. The first-order chi connectivity index (χ1) is 14.1. The van der Waals surface area contributed by atoms with Crippen molar-refractivity contribution in [3.8, 4) is 11.5 Å². The van der Waals surface area contributed by atoms with Crippen LogP contribution < -0.4 is 14.8 Å². The monoisotopic (exact) mass is 393 g/mol. The van der Waals surface area contributed by atoms with E-state index in [1.807, 2.05) is 12.1 Å². The minimum absolute atomic E-state index is 0.00356. The van der Waals surface area contributed by atoms with E-state index < -0.39 is 0 Å². The third-order valence-corrected chi connectivity index (χ3v) is 6.45. The van der Waals surface area contributed by atoms with Crippen LogP contribution in [0.4, 0.5) is 0 Å². The molecule has 0 radical (unpaired) electrons. The molecule has 0 spiro atoms. The largest absolute Gasteiger partial charge is 0.493 e. The highest BCUT2D eigenvalue weighted by Crippen LogP contribution is 2.37. The lowest BCUT2D eigenvalue weighted by atomic mass is 9.81. The van der Waals surface area contributed by atoms with Gasteiger partial charge in [-0.3, -0.25) is 4.79 Å². The molecule has 4 rings (SSSR count). The molecule has 154 valence electrons. The zero-order chi connectivity index (χ0) is 20.2. The Kier molecular flexibility index (Phi) is 6.08. The van der Waals surface area contributed by atoms with Crippen molar-refractivity contribution >= 4 is 5.91 Å². The third kappa shape index (κ3) is 4.58. The van der Waals surface area contributed by atoms with Gasteiger partial charge in [-0.1, -0.05) is 30.3 Å². The van der Waals surface area contributed by atoms with E-state index in [1.54, 1.807) is 7.11 Å². The fourth-order valence-corrected chi connectivity index (χ4v) is 4.66. The molecular formula is C25H31NO3. The predicted octanol–water partition coefficient (Wildman–Crippen LogP) is 4.79. The maximum absolute atomic E-state index is 12.5. The Hall–Kier alpha value is -2.49. The molecule has 4 nitrogen and oxygen atoms in total. The average molecular weight is 394 g/mol. The van der Waals surface area contributed by atoms with Crippen LogP contribution in [0.5, 0.6) is 11.5 Å². The number of hydrogen-bond donors (Lipinski definition) is 1. The van der Waals surface area contributed by atoms with Crippen molar-refractivity contribution in [1.82, 2.24) is 5.32 Å². The average Bonchev–Trinajstić information content (AvgIpc) is 3.24. The topological polar surface area (TPSA) is 47.6 Å². The predicted molar refractivity (Wildman–Crippen MR) is 115 cm³/mol. The summed E-state index contributed by atoms with van der Waals surface area (Å²) in [6, 6.07) is 14.6. The molecule has 2 aromatic carbocycles. The number of hydrogen-bond acceptors (Lipinski definition) is 3. The van der Waals surface area contributed by atoms with Crippen LogP contribution in [0.2, 0.25) is 0 Å². The highest BCUT2D eigenvalue weighted by molar-refractivity contribution is 5.80. The van der Waals surface area contributed by atoms with E-state index in [-0.39, 0.29) is 11.8 Å². The molecule has 1 heterocycles. The highest BCUT2D eigenvalue weighted by Gasteiger charge is 2.30. The molecule has 4 heteroatoms. The molecule has 2 fully saturated rings. The standard InChI is InChI=1S/C25H31NO3/c1-17-7-3-4-8-18(17)13-20-14-21(16-26-25(20)27)19-11-12-23(28-2)24(15-19)29-22-9-5-6-10-22/h3-4,7-8,11-12,15,20-22H,5-6,9-10,13-14,16H2,1-2H3,(H,26,27). The molecule has 1 N–H and O–H groups in total. The van der Waals surface area contributed by atoms with Gasteiger partial charge in [-0.15, -0.1) is 0 Å². The van der Waals surface area contributed by atoms with Crippen molar-refractivity contribution in [1.29, 1.82) is 0 Å². The Morgan fingerprint density at radius 3 is 2.62 bits per heavy atom. The molecule has 1 saturated carbocycles. The molecule has 1 saturated heterocycles. The van der Waals surface area contributed by atoms with E-state index in [0.29, 0.717) is 18.6 Å². The van der Waals surface area contributed by atoms with Crippen LogP contribution in [0.15, 0.2) is 42.5 Å². The Morgan fingerprint density at radius 1 is 1.07 bits per heavy atom. The van der Waals surface area contributed by atoms with Gasteiger partial charge in [0.05, 0.1) is 13.2 Å². The maximum Gasteiger partial charge on any atom is 0.223 e. The van der Waals surface area contributed by atoms with Gasteiger partial charge in [-0.2, -0.15) is 0 Å². The smallest absolute Gasteiger partial charge is 0.223 e. The number of piperidine rings is 1. The normalized spacial score (nSPS) is 22.3. The number of carbonyl (C=O) groups excluding carboxylic acids is 1. The Labute approximate surface area is 173 Å². The van der Waals surface area contributed by atoms with E-state index in [4.69, 9.17) is 9.47 Å². The number of aryl methyl sites for hydroxylation is 1. The highest BCUT2D eigenvalue weighted by atomic mass is 16.5.